The zero-order valence-electron chi connectivity index (χ0n) is 13.0. The highest BCUT2D eigenvalue weighted by molar-refractivity contribution is 9.10. The molecule has 1 aliphatic heterocycles. The summed E-state index contributed by atoms with van der Waals surface area (Å²) < 4.78 is 5.94. The summed E-state index contributed by atoms with van der Waals surface area (Å²) in [7, 11) is 1.59. The summed E-state index contributed by atoms with van der Waals surface area (Å²) in [6.45, 7) is 4.45. The number of amides is 2. The highest BCUT2D eigenvalue weighted by Crippen LogP contribution is 2.26. The van der Waals surface area contributed by atoms with Gasteiger partial charge in [-0.25, -0.2) is 0 Å². The normalized spacial score (nSPS) is 15.4. The van der Waals surface area contributed by atoms with Gasteiger partial charge in [0.25, 0.3) is 5.91 Å². The molecule has 0 spiro atoms. The minimum absolute atomic E-state index is 0.00542. The molecular weight excluding hydrogens is 348 g/mol. The molecule has 1 aromatic rings. The van der Waals surface area contributed by atoms with Crippen molar-refractivity contribution in [3.05, 3.63) is 28.2 Å². The number of hydrogen-bond donors (Lipinski definition) is 0. The molecule has 0 radical (unpaired) electrons. The average molecular weight is 369 g/mol. The highest BCUT2D eigenvalue weighted by atomic mass is 79.9. The maximum atomic E-state index is 12.6. The van der Waals surface area contributed by atoms with E-state index in [9.17, 15) is 9.59 Å². The molecule has 5 nitrogen and oxygen atoms in total. The second-order valence-electron chi connectivity index (χ2n) is 5.23. The molecular formula is C16H21BrN2O3. The lowest BCUT2D eigenvalue weighted by molar-refractivity contribution is -0.130. The Morgan fingerprint density at radius 1 is 1.18 bits per heavy atom. The number of hydrogen-bond acceptors (Lipinski definition) is 3. The van der Waals surface area contributed by atoms with Gasteiger partial charge in [-0.05, 0) is 40.5 Å². The molecule has 1 saturated heterocycles. The van der Waals surface area contributed by atoms with E-state index in [2.05, 4.69) is 15.9 Å². The molecule has 0 atom stereocenters. The quantitative estimate of drug-likeness (QED) is 0.823. The lowest BCUT2D eigenvalue weighted by Gasteiger charge is -2.22. The molecule has 1 fully saturated rings. The molecule has 6 heteroatoms. The molecule has 2 rings (SSSR count). The van der Waals surface area contributed by atoms with Gasteiger partial charge >= 0.3 is 0 Å². The Morgan fingerprint density at radius 3 is 2.50 bits per heavy atom. The van der Waals surface area contributed by atoms with Crippen molar-refractivity contribution in [3.63, 3.8) is 0 Å². The molecule has 22 heavy (non-hydrogen) atoms. The van der Waals surface area contributed by atoms with E-state index >= 15 is 0 Å². The molecule has 0 saturated carbocycles. The van der Waals surface area contributed by atoms with E-state index in [1.165, 1.54) is 0 Å². The molecule has 120 valence electrons. The fourth-order valence-electron chi connectivity index (χ4n) is 2.58. The number of benzene rings is 1. The largest absolute Gasteiger partial charge is 0.496 e. The summed E-state index contributed by atoms with van der Waals surface area (Å²) in [5, 5.41) is 0. The maximum absolute atomic E-state index is 12.6. The van der Waals surface area contributed by atoms with E-state index in [1.54, 1.807) is 25.3 Å². The van der Waals surface area contributed by atoms with Crippen LogP contribution in [0.2, 0.25) is 0 Å². The number of methoxy groups -OCH3 is 1. The first kappa shape index (κ1) is 16.8. The van der Waals surface area contributed by atoms with Gasteiger partial charge in [0.2, 0.25) is 5.91 Å². The van der Waals surface area contributed by atoms with E-state index < -0.39 is 0 Å². The highest BCUT2D eigenvalue weighted by Gasteiger charge is 2.22. The van der Waals surface area contributed by atoms with Crippen LogP contribution in [0.5, 0.6) is 5.75 Å². The van der Waals surface area contributed by atoms with Crippen molar-refractivity contribution in [1.82, 2.24) is 9.80 Å². The molecule has 0 N–H and O–H groups in total. The number of carbonyl (C=O) groups is 2. The third-order valence-corrected chi connectivity index (χ3v) is 4.46. The van der Waals surface area contributed by atoms with Gasteiger partial charge in [0, 0.05) is 38.2 Å². The molecule has 1 aliphatic rings. The van der Waals surface area contributed by atoms with Gasteiger partial charge in [-0.1, -0.05) is 6.92 Å². The van der Waals surface area contributed by atoms with E-state index in [1.807, 2.05) is 16.7 Å². The van der Waals surface area contributed by atoms with Gasteiger partial charge in [0.05, 0.1) is 11.6 Å². The monoisotopic (exact) mass is 368 g/mol. The van der Waals surface area contributed by atoms with E-state index in [-0.39, 0.29) is 11.8 Å². The van der Waals surface area contributed by atoms with Crippen LogP contribution >= 0.6 is 15.9 Å². The van der Waals surface area contributed by atoms with Gasteiger partial charge in [-0.15, -0.1) is 0 Å². The van der Waals surface area contributed by atoms with Crippen LogP contribution in [0.15, 0.2) is 22.7 Å². The summed E-state index contributed by atoms with van der Waals surface area (Å²) >= 11 is 3.40. The van der Waals surface area contributed by atoms with E-state index in [4.69, 9.17) is 4.74 Å². The molecule has 0 aliphatic carbocycles. The van der Waals surface area contributed by atoms with Crippen LogP contribution in [-0.4, -0.2) is 54.9 Å². The van der Waals surface area contributed by atoms with Crippen molar-refractivity contribution < 1.29 is 14.3 Å². The molecule has 0 aromatic heterocycles. The van der Waals surface area contributed by atoms with Crippen LogP contribution in [0.1, 0.15) is 30.1 Å². The fourth-order valence-corrected chi connectivity index (χ4v) is 3.12. The Morgan fingerprint density at radius 2 is 1.86 bits per heavy atom. The Bertz CT molecular complexity index is 562. The Hall–Kier alpha value is -1.56. The first-order valence-corrected chi connectivity index (χ1v) is 8.26. The number of carbonyl (C=O) groups excluding carboxylic acids is 2. The zero-order valence-corrected chi connectivity index (χ0v) is 14.6. The van der Waals surface area contributed by atoms with Crippen LogP contribution < -0.4 is 4.74 Å². The molecule has 1 heterocycles. The second-order valence-corrected chi connectivity index (χ2v) is 6.08. The Labute approximate surface area is 139 Å². The first-order chi connectivity index (χ1) is 10.6. The number of ether oxygens (including phenoxy) is 1. The maximum Gasteiger partial charge on any atom is 0.253 e. The van der Waals surface area contributed by atoms with Crippen molar-refractivity contribution in [2.75, 3.05) is 33.3 Å². The Balaban J connectivity index is 2.06. The van der Waals surface area contributed by atoms with Crippen molar-refractivity contribution in [2.24, 2.45) is 0 Å². The van der Waals surface area contributed by atoms with Crippen molar-refractivity contribution in [2.45, 2.75) is 19.8 Å². The second kappa shape index (κ2) is 7.63. The lowest BCUT2D eigenvalue weighted by atomic mass is 10.2. The average Bonchev–Trinajstić information content (AvgIpc) is 2.79. The van der Waals surface area contributed by atoms with Crippen LogP contribution in [0.4, 0.5) is 0 Å². The number of rotatable bonds is 3. The van der Waals surface area contributed by atoms with E-state index in [0.29, 0.717) is 37.4 Å². The molecule has 1 aromatic carbocycles. The van der Waals surface area contributed by atoms with Crippen LogP contribution in [0.25, 0.3) is 0 Å². The predicted octanol–water partition coefficient (Wildman–Crippen LogP) is 2.54. The molecule has 0 bridgehead atoms. The third-order valence-electron chi connectivity index (χ3n) is 3.84. The van der Waals surface area contributed by atoms with Crippen LogP contribution in [-0.2, 0) is 4.79 Å². The zero-order chi connectivity index (χ0) is 16.1. The first-order valence-electron chi connectivity index (χ1n) is 7.47. The summed E-state index contributed by atoms with van der Waals surface area (Å²) in [4.78, 5) is 28.1. The fraction of sp³-hybridized carbons (Fsp3) is 0.500. The van der Waals surface area contributed by atoms with Crippen molar-refractivity contribution in [3.8, 4) is 5.75 Å². The molecule has 0 unspecified atom stereocenters. The number of nitrogens with zero attached hydrogens (tertiary/aromatic N) is 2. The Kier molecular flexibility index (Phi) is 5.83. The topological polar surface area (TPSA) is 49.9 Å². The van der Waals surface area contributed by atoms with Gasteiger partial charge in [0.15, 0.2) is 0 Å². The number of halogens is 1. The third kappa shape index (κ3) is 3.80. The summed E-state index contributed by atoms with van der Waals surface area (Å²) in [6.07, 6.45) is 1.33. The van der Waals surface area contributed by atoms with Crippen LogP contribution in [0, 0.1) is 0 Å². The van der Waals surface area contributed by atoms with Gasteiger partial charge in [-0.3, -0.25) is 9.59 Å². The SMILES string of the molecule is CCC(=O)N1CCCN(C(=O)c2ccc(OC)c(Br)c2)CC1. The lowest BCUT2D eigenvalue weighted by Crippen LogP contribution is -2.37. The summed E-state index contributed by atoms with van der Waals surface area (Å²) in [6, 6.07) is 5.33. The van der Waals surface area contributed by atoms with Crippen LogP contribution in [0.3, 0.4) is 0 Å². The van der Waals surface area contributed by atoms with Gasteiger partial charge in [0.1, 0.15) is 5.75 Å². The molecule has 2 amide bonds. The van der Waals surface area contributed by atoms with Crippen molar-refractivity contribution in [1.29, 1.82) is 0 Å². The van der Waals surface area contributed by atoms with Gasteiger partial charge < -0.3 is 14.5 Å². The smallest absolute Gasteiger partial charge is 0.253 e. The summed E-state index contributed by atoms with van der Waals surface area (Å²) in [5.74, 6) is 0.850. The van der Waals surface area contributed by atoms with E-state index in [0.717, 1.165) is 17.4 Å². The summed E-state index contributed by atoms with van der Waals surface area (Å²) in [5.41, 5.74) is 0.628. The minimum atomic E-state index is -0.00542. The predicted molar refractivity (Wildman–Crippen MR) is 88.1 cm³/mol. The van der Waals surface area contributed by atoms with Crippen molar-refractivity contribution >= 4 is 27.7 Å². The standard InChI is InChI=1S/C16H21BrN2O3/c1-3-15(20)18-7-4-8-19(10-9-18)16(21)12-5-6-14(22-2)13(17)11-12/h5-6,11H,3-4,7-10H2,1-2H3. The minimum Gasteiger partial charge on any atom is -0.496 e. The van der Waals surface area contributed by atoms with Gasteiger partial charge in [-0.2, -0.15) is 0 Å².